The highest BCUT2D eigenvalue weighted by Crippen LogP contribution is 2.22. The predicted octanol–water partition coefficient (Wildman–Crippen LogP) is 2.49. The first kappa shape index (κ1) is 18.7. The fourth-order valence-electron chi connectivity index (χ4n) is 3.52. The van der Waals surface area contributed by atoms with Gasteiger partial charge in [-0.15, -0.1) is 10.2 Å². The van der Waals surface area contributed by atoms with Gasteiger partial charge in [0.25, 0.3) is 11.8 Å². The molecule has 1 amide bonds. The highest BCUT2D eigenvalue weighted by molar-refractivity contribution is 6.30. The summed E-state index contributed by atoms with van der Waals surface area (Å²) in [5.74, 6) is 1.17. The van der Waals surface area contributed by atoms with Crippen molar-refractivity contribution in [3.05, 3.63) is 71.1 Å². The van der Waals surface area contributed by atoms with Crippen molar-refractivity contribution in [3.63, 3.8) is 0 Å². The lowest BCUT2D eigenvalue weighted by Crippen LogP contribution is -3.14. The highest BCUT2D eigenvalue weighted by Gasteiger charge is 2.31. The number of hydrogen-bond donors (Lipinski definition) is 1. The molecule has 4 rings (SSSR count). The van der Waals surface area contributed by atoms with E-state index in [-0.39, 0.29) is 11.9 Å². The van der Waals surface area contributed by atoms with Crippen LogP contribution in [0.5, 0.6) is 0 Å². The summed E-state index contributed by atoms with van der Waals surface area (Å²) in [6.07, 6.45) is 0. The van der Waals surface area contributed by atoms with Crippen LogP contribution in [-0.2, 0) is 0 Å². The fourth-order valence-corrected chi connectivity index (χ4v) is 3.71. The minimum atomic E-state index is 0.0643. The Balaban J connectivity index is 1.39. The van der Waals surface area contributed by atoms with Crippen molar-refractivity contribution in [1.29, 1.82) is 0 Å². The SMILES string of the molecule is C[C@H](c1nnc(-c2cccc(Cl)c2)o1)[NH+]1CCN(C(=O)c2ccccc2)CC1. The van der Waals surface area contributed by atoms with Gasteiger partial charge in [0.05, 0.1) is 26.2 Å². The van der Waals surface area contributed by atoms with Crippen LogP contribution in [0.4, 0.5) is 0 Å². The molecule has 0 saturated carbocycles. The van der Waals surface area contributed by atoms with E-state index in [0.717, 1.165) is 24.2 Å². The Kier molecular flexibility index (Phi) is 5.41. The molecule has 2 aromatic carbocycles. The van der Waals surface area contributed by atoms with Crippen LogP contribution in [-0.4, -0.2) is 47.2 Å². The maximum Gasteiger partial charge on any atom is 0.274 e. The molecule has 0 spiro atoms. The topological polar surface area (TPSA) is 63.7 Å². The number of hydrogen-bond acceptors (Lipinski definition) is 4. The lowest BCUT2D eigenvalue weighted by molar-refractivity contribution is -0.934. The minimum absolute atomic E-state index is 0.0643. The van der Waals surface area contributed by atoms with Gasteiger partial charge in [-0.05, 0) is 37.3 Å². The molecule has 0 aliphatic carbocycles. The molecule has 144 valence electrons. The maximum atomic E-state index is 12.6. The quantitative estimate of drug-likeness (QED) is 0.734. The lowest BCUT2D eigenvalue weighted by atomic mass is 10.1. The maximum absolute atomic E-state index is 12.6. The zero-order chi connectivity index (χ0) is 19.5. The molecule has 6 nitrogen and oxygen atoms in total. The molecule has 1 aromatic heterocycles. The van der Waals surface area contributed by atoms with E-state index in [0.29, 0.717) is 29.9 Å². The number of nitrogens with zero attached hydrogens (tertiary/aromatic N) is 3. The zero-order valence-electron chi connectivity index (χ0n) is 15.6. The monoisotopic (exact) mass is 397 g/mol. The predicted molar refractivity (Wildman–Crippen MR) is 106 cm³/mol. The highest BCUT2D eigenvalue weighted by atomic mass is 35.5. The first-order chi connectivity index (χ1) is 13.6. The van der Waals surface area contributed by atoms with Crippen molar-refractivity contribution in [1.82, 2.24) is 15.1 Å². The second-order valence-corrected chi connectivity index (χ2v) is 7.43. The van der Waals surface area contributed by atoms with Gasteiger partial charge in [0.15, 0.2) is 6.04 Å². The van der Waals surface area contributed by atoms with Gasteiger partial charge in [0, 0.05) is 16.1 Å². The Morgan fingerprint density at radius 3 is 2.57 bits per heavy atom. The molecule has 1 saturated heterocycles. The first-order valence-electron chi connectivity index (χ1n) is 9.40. The Morgan fingerprint density at radius 1 is 1.11 bits per heavy atom. The standard InChI is InChI=1S/C21H21ClN4O2/c1-15(19-23-24-20(28-19)17-8-5-9-18(22)14-17)25-10-12-26(13-11-25)21(27)16-6-3-2-4-7-16/h2-9,14-15H,10-13H2,1H3/p+1/t15-/m1/s1. The Bertz CT molecular complexity index is 952. The van der Waals surface area contributed by atoms with E-state index in [4.69, 9.17) is 16.0 Å². The van der Waals surface area contributed by atoms with Gasteiger partial charge in [-0.2, -0.15) is 0 Å². The van der Waals surface area contributed by atoms with Crippen molar-refractivity contribution in [3.8, 4) is 11.5 Å². The summed E-state index contributed by atoms with van der Waals surface area (Å²) in [6, 6.07) is 16.9. The number of halogens is 1. The summed E-state index contributed by atoms with van der Waals surface area (Å²) in [5, 5.41) is 9.05. The van der Waals surface area contributed by atoms with Crippen LogP contribution in [0.1, 0.15) is 29.2 Å². The Labute approximate surface area is 168 Å². The molecule has 1 fully saturated rings. The largest absolute Gasteiger partial charge is 0.415 e. The van der Waals surface area contributed by atoms with Gasteiger partial charge in [-0.1, -0.05) is 35.9 Å². The summed E-state index contributed by atoms with van der Waals surface area (Å²) in [7, 11) is 0. The van der Waals surface area contributed by atoms with E-state index in [2.05, 4.69) is 17.1 Å². The van der Waals surface area contributed by atoms with E-state index in [1.807, 2.05) is 59.5 Å². The van der Waals surface area contributed by atoms with E-state index < -0.39 is 0 Å². The Morgan fingerprint density at radius 2 is 1.86 bits per heavy atom. The van der Waals surface area contributed by atoms with E-state index in [9.17, 15) is 4.79 Å². The van der Waals surface area contributed by atoms with Crippen molar-refractivity contribution < 1.29 is 14.1 Å². The summed E-state index contributed by atoms with van der Waals surface area (Å²) < 4.78 is 5.90. The van der Waals surface area contributed by atoms with Gasteiger partial charge < -0.3 is 14.2 Å². The third-order valence-corrected chi connectivity index (χ3v) is 5.44. The van der Waals surface area contributed by atoms with Crippen LogP contribution in [0, 0.1) is 0 Å². The Hall–Kier alpha value is -2.70. The van der Waals surface area contributed by atoms with Crippen LogP contribution >= 0.6 is 11.6 Å². The molecule has 3 aromatic rings. The number of carbonyl (C=O) groups excluding carboxylic acids is 1. The fraction of sp³-hybridized carbons (Fsp3) is 0.286. The van der Waals surface area contributed by atoms with E-state index in [1.165, 1.54) is 4.90 Å². The first-order valence-corrected chi connectivity index (χ1v) is 9.78. The number of amides is 1. The van der Waals surface area contributed by atoms with Crippen LogP contribution < -0.4 is 4.90 Å². The molecule has 1 aliphatic heterocycles. The van der Waals surface area contributed by atoms with Crippen LogP contribution in [0.2, 0.25) is 5.02 Å². The van der Waals surface area contributed by atoms with Gasteiger partial charge in [0.2, 0.25) is 5.89 Å². The van der Waals surface area contributed by atoms with Gasteiger partial charge in [-0.25, -0.2) is 0 Å². The molecule has 0 bridgehead atoms. The number of rotatable bonds is 4. The smallest absolute Gasteiger partial charge is 0.274 e. The number of benzene rings is 2. The number of nitrogens with one attached hydrogen (secondary N) is 1. The van der Waals surface area contributed by atoms with Crippen molar-refractivity contribution >= 4 is 17.5 Å². The van der Waals surface area contributed by atoms with E-state index >= 15 is 0 Å². The van der Waals surface area contributed by atoms with Crippen LogP contribution in [0.15, 0.2) is 59.0 Å². The minimum Gasteiger partial charge on any atom is -0.415 e. The summed E-state index contributed by atoms with van der Waals surface area (Å²) >= 11 is 6.04. The second-order valence-electron chi connectivity index (χ2n) is 6.99. The normalized spacial score (nSPS) is 16.1. The van der Waals surface area contributed by atoms with Crippen LogP contribution in [0.25, 0.3) is 11.5 Å². The summed E-state index contributed by atoms with van der Waals surface area (Å²) in [6.45, 7) is 5.19. The number of carbonyl (C=O) groups is 1. The molecular weight excluding hydrogens is 376 g/mol. The van der Waals surface area contributed by atoms with E-state index in [1.54, 1.807) is 0 Å². The van der Waals surface area contributed by atoms with Gasteiger partial charge in [0.1, 0.15) is 0 Å². The van der Waals surface area contributed by atoms with Gasteiger partial charge >= 0.3 is 0 Å². The van der Waals surface area contributed by atoms with Gasteiger partial charge in [-0.3, -0.25) is 4.79 Å². The molecule has 1 aliphatic rings. The van der Waals surface area contributed by atoms with Crippen molar-refractivity contribution in [2.45, 2.75) is 13.0 Å². The number of quaternary nitrogens is 1. The van der Waals surface area contributed by atoms with Crippen molar-refractivity contribution in [2.24, 2.45) is 0 Å². The zero-order valence-corrected chi connectivity index (χ0v) is 16.4. The molecule has 28 heavy (non-hydrogen) atoms. The number of aromatic nitrogens is 2. The molecule has 1 atom stereocenters. The average Bonchev–Trinajstić information content (AvgIpc) is 3.24. The van der Waals surface area contributed by atoms with Crippen LogP contribution in [0.3, 0.4) is 0 Å². The second kappa shape index (κ2) is 8.12. The van der Waals surface area contributed by atoms with Crippen molar-refractivity contribution in [2.75, 3.05) is 26.2 Å². The number of piperazine rings is 1. The molecule has 0 unspecified atom stereocenters. The third-order valence-electron chi connectivity index (χ3n) is 5.21. The summed E-state index contributed by atoms with van der Waals surface area (Å²) in [5.41, 5.74) is 1.55. The molecular formula is C21H22ClN4O2+. The molecule has 2 heterocycles. The molecule has 7 heteroatoms. The summed E-state index contributed by atoms with van der Waals surface area (Å²) in [4.78, 5) is 15.8. The molecule has 0 radical (unpaired) electrons. The lowest BCUT2D eigenvalue weighted by Gasteiger charge is -2.34. The average molecular weight is 398 g/mol. The molecule has 1 N–H and O–H groups in total. The third kappa shape index (κ3) is 3.93.